The molecule has 0 aromatic heterocycles. The van der Waals surface area contributed by atoms with Crippen LogP contribution in [0.15, 0.2) is 18.2 Å². The number of benzene rings is 1. The molecule has 1 rings (SSSR count). The van der Waals surface area contributed by atoms with Crippen molar-refractivity contribution >= 4 is 0 Å². The van der Waals surface area contributed by atoms with E-state index in [1.807, 2.05) is 0 Å². The summed E-state index contributed by atoms with van der Waals surface area (Å²) in [6.07, 6.45) is 0.438. The minimum Gasteiger partial charge on any atom is -0.391 e. The Balaban J connectivity index is 2.44. The van der Waals surface area contributed by atoms with E-state index in [0.29, 0.717) is 12.5 Å². The molecule has 0 aliphatic heterocycles. The molecule has 0 saturated carbocycles. The van der Waals surface area contributed by atoms with Crippen molar-refractivity contribution < 1.29 is 5.11 Å². The number of hydrogen-bond donors (Lipinski definition) is 2. The first-order valence-electron chi connectivity index (χ1n) is 6.44. The summed E-state index contributed by atoms with van der Waals surface area (Å²) in [6, 6.07) is 6.40. The standard InChI is InChI=1S/C15H25NO/c1-11(2)9-16-10-15(17)8-14-7-12(3)5-6-13(14)4/h5-7,11,15-17H,8-10H2,1-4H3/t15-/m0/s1. The Morgan fingerprint density at radius 1 is 1.18 bits per heavy atom. The average molecular weight is 235 g/mol. The third-order valence-corrected chi connectivity index (χ3v) is 2.89. The van der Waals surface area contributed by atoms with Gasteiger partial charge in [0.1, 0.15) is 0 Å². The molecule has 0 fully saturated rings. The molecule has 1 atom stereocenters. The van der Waals surface area contributed by atoms with Gasteiger partial charge in [-0.05, 0) is 43.9 Å². The van der Waals surface area contributed by atoms with Crippen molar-refractivity contribution in [3.05, 3.63) is 34.9 Å². The number of hydrogen-bond acceptors (Lipinski definition) is 2. The third-order valence-electron chi connectivity index (χ3n) is 2.89. The summed E-state index contributed by atoms with van der Waals surface area (Å²) in [5.41, 5.74) is 3.77. The molecule has 0 saturated heterocycles. The fourth-order valence-electron chi connectivity index (χ4n) is 1.88. The molecule has 0 unspecified atom stereocenters. The maximum Gasteiger partial charge on any atom is 0.0704 e. The van der Waals surface area contributed by atoms with Crippen LogP contribution in [0, 0.1) is 19.8 Å². The van der Waals surface area contributed by atoms with Gasteiger partial charge in [0.25, 0.3) is 0 Å². The fraction of sp³-hybridized carbons (Fsp3) is 0.600. The van der Waals surface area contributed by atoms with Gasteiger partial charge >= 0.3 is 0 Å². The van der Waals surface area contributed by atoms with Crippen molar-refractivity contribution in [3.63, 3.8) is 0 Å². The molecule has 0 aliphatic carbocycles. The Bertz CT molecular complexity index is 347. The second-order valence-electron chi connectivity index (χ2n) is 5.34. The second-order valence-corrected chi connectivity index (χ2v) is 5.34. The molecule has 2 heteroatoms. The van der Waals surface area contributed by atoms with Crippen LogP contribution in [0.4, 0.5) is 0 Å². The van der Waals surface area contributed by atoms with Gasteiger partial charge in [0.15, 0.2) is 0 Å². The quantitative estimate of drug-likeness (QED) is 0.794. The van der Waals surface area contributed by atoms with Crippen molar-refractivity contribution in [2.75, 3.05) is 13.1 Å². The van der Waals surface area contributed by atoms with Crippen LogP contribution in [0.5, 0.6) is 0 Å². The van der Waals surface area contributed by atoms with E-state index in [9.17, 15) is 5.11 Å². The highest BCUT2D eigenvalue weighted by molar-refractivity contribution is 5.30. The number of aryl methyl sites for hydroxylation is 2. The van der Waals surface area contributed by atoms with Crippen LogP contribution in [0.1, 0.15) is 30.5 Å². The van der Waals surface area contributed by atoms with E-state index in [1.54, 1.807) is 0 Å². The van der Waals surface area contributed by atoms with Crippen LogP contribution in [0.2, 0.25) is 0 Å². The summed E-state index contributed by atoms with van der Waals surface area (Å²) < 4.78 is 0. The monoisotopic (exact) mass is 235 g/mol. The minimum absolute atomic E-state index is 0.297. The summed E-state index contributed by atoms with van der Waals surface area (Å²) >= 11 is 0. The lowest BCUT2D eigenvalue weighted by Gasteiger charge is -2.15. The first-order chi connectivity index (χ1) is 7.99. The normalized spacial score (nSPS) is 13.1. The molecule has 17 heavy (non-hydrogen) atoms. The summed E-state index contributed by atoms with van der Waals surface area (Å²) in [4.78, 5) is 0. The predicted octanol–water partition coefficient (Wildman–Crippen LogP) is 2.45. The summed E-state index contributed by atoms with van der Waals surface area (Å²) in [6.45, 7) is 10.2. The SMILES string of the molecule is Cc1ccc(C)c(C[C@H](O)CNCC(C)C)c1. The smallest absolute Gasteiger partial charge is 0.0704 e. The van der Waals surface area contributed by atoms with Crippen molar-refractivity contribution in [3.8, 4) is 0 Å². The number of nitrogens with one attached hydrogen (secondary N) is 1. The first-order valence-corrected chi connectivity index (χ1v) is 6.44. The highest BCUT2D eigenvalue weighted by Gasteiger charge is 2.07. The average Bonchev–Trinajstić information content (AvgIpc) is 2.23. The zero-order valence-corrected chi connectivity index (χ0v) is 11.5. The van der Waals surface area contributed by atoms with Crippen molar-refractivity contribution in [1.82, 2.24) is 5.32 Å². The lowest BCUT2D eigenvalue weighted by Crippen LogP contribution is -2.31. The highest BCUT2D eigenvalue weighted by Crippen LogP contribution is 2.12. The second kappa shape index (κ2) is 6.77. The van der Waals surface area contributed by atoms with Crippen LogP contribution < -0.4 is 5.32 Å². The van der Waals surface area contributed by atoms with Crippen LogP contribution in [0.3, 0.4) is 0 Å². The maximum absolute atomic E-state index is 9.97. The molecule has 0 aliphatic rings. The first kappa shape index (κ1) is 14.2. The van der Waals surface area contributed by atoms with E-state index in [-0.39, 0.29) is 6.10 Å². The van der Waals surface area contributed by atoms with Crippen LogP contribution in [-0.4, -0.2) is 24.3 Å². The summed E-state index contributed by atoms with van der Waals surface area (Å²) in [7, 11) is 0. The molecule has 2 N–H and O–H groups in total. The molecule has 0 amide bonds. The molecule has 1 aromatic carbocycles. The number of rotatable bonds is 6. The van der Waals surface area contributed by atoms with E-state index in [1.165, 1.54) is 16.7 Å². The van der Waals surface area contributed by atoms with Crippen molar-refractivity contribution in [2.24, 2.45) is 5.92 Å². The van der Waals surface area contributed by atoms with Crippen LogP contribution >= 0.6 is 0 Å². The molecule has 0 heterocycles. The van der Waals surface area contributed by atoms with Crippen LogP contribution in [-0.2, 0) is 6.42 Å². The fourth-order valence-corrected chi connectivity index (χ4v) is 1.88. The molecule has 2 nitrogen and oxygen atoms in total. The zero-order chi connectivity index (χ0) is 12.8. The Morgan fingerprint density at radius 3 is 2.53 bits per heavy atom. The molecular formula is C15H25NO. The Labute approximate surface area is 105 Å². The van der Waals surface area contributed by atoms with E-state index in [2.05, 4.69) is 51.2 Å². The van der Waals surface area contributed by atoms with Gasteiger partial charge in [-0.15, -0.1) is 0 Å². The third kappa shape index (κ3) is 5.33. The van der Waals surface area contributed by atoms with Gasteiger partial charge < -0.3 is 10.4 Å². The lowest BCUT2D eigenvalue weighted by atomic mass is 10.00. The number of aliphatic hydroxyl groups is 1. The van der Waals surface area contributed by atoms with Gasteiger partial charge in [-0.2, -0.15) is 0 Å². The Kier molecular flexibility index (Phi) is 5.66. The molecular weight excluding hydrogens is 210 g/mol. The van der Waals surface area contributed by atoms with Gasteiger partial charge in [-0.1, -0.05) is 37.6 Å². The molecule has 0 radical (unpaired) electrons. The minimum atomic E-state index is -0.297. The van der Waals surface area contributed by atoms with E-state index >= 15 is 0 Å². The Hall–Kier alpha value is -0.860. The summed E-state index contributed by atoms with van der Waals surface area (Å²) in [5, 5.41) is 13.3. The maximum atomic E-state index is 9.97. The van der Waals surface area contributed by atoms with E-state index < -0.39 is 0 Å². The van der Waals surface area contributed by atoms with Gasteiger partial charge in [-0.25, -0.2) is 0 Å². The van der Waals surface area contributed by atoms with Crippen molar-refractivity contribution in [1.29, 1.82) is 0 Å². The van der Waals surface area contributed by atoms with Gasteiger partial charge in [0.2, 0.25) is 0 Å². The lowest BCUT2D eigenvalue weighted by molar-refractivity contribution is 0.170. The molecule has 96 valence electrons. The number of aliphatic hydroxyl groups excluding tert-OH is 1. The van der Waals surface area contributed by atoms with E-state index in [4.69, 9.17) is 0 Å². The highest BCUT2D eigenvalue weighted by atomic mass is 16.3. The van der Waals surface area contributed by atoms with E-state index in [0.717, 1.165) is 13.0 Å². The van der Waals surface area contributed by atoms with Crippen LogP contribution in [0.25, 0.3) is 0 Å². The van der Waals surface area contributed by atoms with Crippen molar-refractivity contribution in [2.45, 2.75) is 40.2 Å². The molecule has 1 aromatic rings. The van der Waals surface area contributed by atoms with Gasteiger partial charge in [0.05, 0.1) is 6.10 Å². The summed E-state index contributed by atoms with van der Waals surface area (Å²) in [5.74, 6) is 0.628. The van der Waals surface area contributed by atoms with Gasteiger partial charge in [0, 0.05) is 6.54 Å². The Morgan fingerprint density at radius 2 is 1.88 bits per heavy atom. The largest absolute Gasteiger partial charge is 0.391 e. The molecule has 0 spiro atoms. The topological polar surface area (TPSA) is 32.3 Å². The molecule has 0 bridgehead atoms. The van der Waals surface area contributed by atoms with Gasteiger partial charge in [-0.3, -0.25) is 0 Å². The zero-order valence-electron chi connectivity index (χ0n) is 11.5. The predicted molar refractivity (Wildman–Crippen MR) is 73.3 cm³/mol.